The van der Waals surface area contributed by atoms with Crippen molar-refractivity contribution in [3.63, 3.8) is 0 Å². The van der Waals surface area contributed by atoms with Crippen molar-refractivity contribution < 1.29 is 18.3 Å². The fourth-order valence-electron chi connectivity index (χ4n) is 1.90. The van der Waals surface area contributed by atoms with Crippen molar-refractivity contribution in [3.05, 3.63) is 48.3 Å². The van der Waals surface area contributed by atoms with Gasteiger partial charge in [0.1, 0.15) is 6.54 Å². The Morgan fingerprint density at radius 1 is 1.38 bits per heavy atom. The highest BCUT2D eigenvalue weighted by Crippen LogP contribution is 2.18. The second-order valence-electron chi connectivity index (χ2n) is 4.36. The van der Waals surface area contributed by atoms with E-state index < -0.39 is 19.1 Å². The summed E-state index contributed by atoms with van der Waals surface area (Å²) in [6.45, 7) is -0.512. The molecule has 1 amide bonds. The molecule has 5 nitrogen and oxygen atoms in total. The monoisotopic (exact) mass is 295 g/mol. The Morgan fingerprint density at radius 2 is 2.10 bits per heavy atom. The molecule has 112 valence electrons. The number of rotatable bonds is 6. The molecule has 1 N–H and O–H groups in total. The minimum Gasteiger partial charge on any atom is -0.367 e. The van der Waals surface area contributed by atoms with Crippen LogP contribution in [0.25, 0.3) is 0 Å². The van der Waals surface area contributed by atoms with Crippen LogP contribution in [0.3, 0.4) is 0 Å². The van der Waals surface area contributed by atoms with Gasteiger partial charge in [-0.15, -0.1) is 0 Å². The molecule has 7 heteroatoms. The zero-order chi connectivity index (χ0) is 15.2. The summed E-state index contributed by atoms with van der Waals surface area (Å²) in [6, 6.07) is 8.98. The van der Waals surface area contributed by atoms with Gasteiger partial charge in [0.15, 0.2) is 6.10 Å². The smallest absolute Gasteiger partial charge is 0.258 e. The van der Waals surface area contributed by atoms with Gasteiger partial charge >= 0.3 is 0 Å². The molecule has 0 aliphatic rings. The van der Waals surface area contributed by atoms with Crippen LogP contribution in [-0.2, 0) is 16.1 Å². The number of alkyl halides is 2. The molecule has 2 aromatic rings. The first kappa shape index (κ1) is 15.1. The maximum Gasteiger partial charge on any atom is 0.258 e. The minimum absolute atomic E-state index is 0.346. The largest absolute Gasteiger partial charge is 0.367 e. The number of ether oxygens (including phenoxy) is 1. The average Bonchev–Trinajstić information content (AvgIpc) is 2.87. The number of carbonyl (C=O) groups is 1. The van der Waals surface area contributed by atoms with E-state index in [4.69, 9.17) is 4.74 Å². The maximum atomic E-state index is 12.2. The molecule has 0 radical (unpaired) electrons. The fourth-order valence-corrected chi connectivity index (χ4v) is 1.90. The minimum atomic E-state index is -2.50. The Kier molecular flexibility index (Phi) is 4.99. The van der Waals surface area contributed by atoms with Gasteiger partial charge in [0, 0.05) is 13.3 Å². The van der Waals surface area contributed by atoms with E-state index in [1.54, 1.807) is 24.3 Å². The van der Waals surface area contributed by atoms with Gasteiger partial charge in [0.05, 0.1) is 11.9 Å². The molecule has 2 rings (SSSR count). The third kappa shape index (κ3) is 4.09. The summed E-state index contributed by atoms with van der Waals surface area (Å²) in [5.41, 5.74) is 1.05. The van der Waals surface area contributed by atoms with Crippen LogP contribution in [-0.4, -0.2) is 29.2 Å². The molecule has 0 fully saturated rings. The van der Waals surface area contributed by atoms with E-state index in [-0.39, 0.29) is 5.91 Å². The van der Waals surface area contributed by atoms with E-state index in [0.29, 0.717) is 11.3 Å². The lowest BCUT2D eigenvalue weighted by atomic mass is 10.1. The van der Waals surface area contributed by atoms with Gasteiger partial charge in [-0.3, -0.25) is 9.48 Å². The quantitative estimate of drug-likeness (QED) is 0.890. The van der Waals surface area contributed by atoms with Crippen LogP contribution in [0.4, 0.5) is 14.5 Å². The first-order valence-electron chi connectivity index (χ1n) is 6.29. The van der Waals surface area contributed by atoms with E-state index in [1.165, 1.54) is 19.5 Å². The molecule has 21 heavy (non-hydrogen) atoms. The van der Waals surface area contributed by atoms with E-state index in [9.17, 15) is 13.6 Å². The molecule has 0 saturated heterocycles. The maximum absolute atomic E-state index is 12.2. The molecule has 0 saturated carbocycles. The summed E-state index contributed by atoms with van der Waals surface area (Å²) in [5, 5.41) is 6.34. The molecule has 0 bridgehead atoms. The number of hydrogen-bond acceptors (Lipinski definition) is 3. The van der Waals surface area contributed by atoms with Crippen molar-refractivity contribution in [1.29, 1.82) is 0 Å². The summed E-state index contributed by atoms with van der Waals surface area (Å²) in [4.78, 5) is 12.2. The normalized spacial score (nSPS) is 12.4. The van der Waals surface area contributed by atoms with Gasteiger partial charge in [-0.1, -0.05) is 30.3 Å². The Bertz CT molecular complexity index is 587. The van der Waals surface area contributed by atoms with Crippen LogP contribution in [0.15, 0.2) is 42.7 Å². The molecule has 1 aromatic heterocycles. The highest BCUT2D eigenvalue weighted by atomic mass is 19.3. The number of nitrogens with one attached hydrogen (secondary N) is 1. The van der Waals surface area contributed by atoms with Gasteiger partial charge in [-0.2, -0.15) is 5.10 Å². The Morgan fingerprint density at radius 3 is 2.71 bits per heavy atom. The van der Waals surface area contributed by atoms with Crippen molar-refractivity contribution in [2.45, 2.75) is 19.1 Å². The van der Waals surface area contributed by atoms with Gasteiger partial charge in [0.2, 0.25) is 0 Å². The molecule has 1 aromatic carbocycles. The summed E-state index contributed by atoms with van der Waals surface area (Å²) >= 11 is 0. The van der Waals surface area contributed by atoms with Gasteiger partial charge in [0.25, 0.3) is 12.3 Å². The van der Waals surface area contributed by atoms with Crippen molar-refractivity contribution in [1.82, 2.24) is 9.78 Å². The van der Waals surface area contributed by atoms with Crippen molar-refractivity contribution in [2.24, 2.45) is 0 Å². The number of nitrogens with zero attached hydrogens (tertiary/aromatic N) is 2. The number of anilines is 1. The highest BCUT2D eigenvalue weighted by Gasteiger charge is 2.20. The predicted octanol–water partition coefficient (Wildman–Crippen LogP) is 2.47. The highest BCUT2D eigenvalue weighted by molar-refractivity contribution is 5.94. The first-order valence-corrected chi connectivity index (χ1v) is 6.29. The lowest BCUT2D eigenvalue weighted by Gasteiger charge is -2.14. The number of halogens is 2. The molecule has 1 atom stereocenters. The Labute approximate surface area is 120 Å². The van der Waals surface area contributed by atoms with Crippen LogP contribution < -0.4 is 5.32 Å². The average molecular weight is 295 g/mol. The summed E-state index contributed by atoms with van der Waals surface area (Å²) in [7, 11) is 1.43. The van der Waals surface area contributed by atoms with E-state index in [2.05, 4.69) is 10.4 Å². The van der Waals surface area contributed by atoms with Crippen LogP contribution in [0.2, 0.25) is 0 Å². The van der Waals surface area contributed by atoms with E-state index in [1.807, 2.05) is 6.07 Å². The number of benzene rings is 1. The van der Waals surface area contributed by atoms with Gasteiger partial charge in [-0.05, 0) is 5.56 Å². The predicted molar refractivity (Wildman–Crippen MR) is 73.1 cm³/mol. The second kappa shape index (κ2) is 6.94. The zero-order valence-corrected chi connectivity index (χ0v) is 11.4. The number of aromatic nitrogens is 2. The first-order chi connectivity index (χ1) is 10.1. The van der Waals surface area contributed by atoms with Crippen LogP contribution in [0.1, 0.15) is 11.7 Å². The van der Waals surface area contributed by atoms with Crippen molar-refractivity contribution >= 4 is 11.6 Å². The summed E-state index contributed by atoms with van der Waals surface area (Å²) in [5.74, 6) is -0.389. The number of hydrogen-bond donors (Lipinski definition) is 1. The van der Waals surface area contributed by atoms with Gasteiger partial charge < -0.3 is 10.1 Å². The fraction of sp³-hybridized carbons (Fsp3) is 0.286. The van der Waals surface area contributed by atoms with Crippen LogP contribution in [0.5, 0.6) is 0 Å². The summed E-state index contributed by atoms with van der Waals surface area (Å²) in [6.07, 6.45) is -0.603. The Balaban J connectivity index is 2.04. The zero-order valence-electron chi connectivity index (χ0n) is 11.4. The molecule has 1 heterocycles. The second-order valence-corrected chi connectivity index (χ2v) is 4.36. The Hall–Kier alpha value is -2.28. The van der Waals surface area contributed by atoms with Crippen LogP contribution in [0, 0.1) is 0 Å². The van der Waals surface area contributed by atoms with E-state index >= 15 is 0 Å². The molecule has 0 aliphatic carbocycles. The number of amides is 1. The molecule has 0 spiro atoms. The third-order valence-corrected chi connectivity index (χ3v) is 2.80. The number of methoxy groups -OCH3 is 1. The molecule has 0 aliphatic heterocycles. The number of carbonyl (C=O) groups excluding carboxylic acids is 1. The van der Waals surface area contributed by atoms with Crippen molar-refractivity contribution in [3.8, 4) is 0 Å². The van der Waals surface area contributed by atoms with Crippen molar-refractivity contribution in [2.75, 3.05) is 12.4 Å². The lowest BCUT2D eigenvalue weighted by molar-refractivity contribution is -0.126. The molecule has 1 unspecified atom stereocenters. The lowest BCUT2D eigenvalue weighted by Crippen LogP contribution is -2.22. The molecular weight excluding hydrogens is 280 g/mol. The van der Waals surface area contributed by atoms with E-state index in [0.717, 1.165) is 4.68 Å². The third-order valence-electron chi connectivity index (χ3n) is 2.80. The summed E-state index contributed by atoms with van der Waals surface area (Å²) < 4.78 is 30.7. The van der Waals surface area contributed by atoms with Crippen LogP contribution >= 0.6 is 0 Å². The molecular formula is C14H15F2N3O2. The van der Waals surface area contributed by atoms with Gasteiger partial charge in [-0.25, -0.2) is 8.78 Å². The SMILES string of the molecule is COC(C(=O)Nc1cnn(CC(F)F)c1)c1ccccc1. The topological polar surface area (TPSA) is 56.1 Å². The standard InChI is InChI=1S/C14H15F2N3O2/c1-21-13(10-5-3-2-4-6-10)14(20)18-11-7-17-19(8-11)9-12(15)16/h2-8,12-13H,9H2,1H3,(H,18,20).